The molecule has 3 nitrogen and oxygen atoms in total. The Morgan fingerprint density at radius 3 is 2.89 bits per heavy atom. The summed E-state index contributed by atoms with van der Waals surface area (Å²) in [5.41, 5.74) is 3.85. The first kappa shape index (κ1) is 12.2. The first-order valence-electron chi connectivity index (χ1n) is 6.77. The fourth-order valence-corrected chi connectivity index (χ4v) is 2.74. The zero-order valence-corrected chi connectivity index (χ0v) is 10.8. The smallest absolute Gasteiger partial charge is 0.115 e. The number of nitrogens with zero attached hydrogens (tertiary/aromatic N) is 1. The van der Waals surface area contributed by atoms with Gasteiger partial charge in [0.15, 0.2) is 0 Å². The van der Waals surface area contributed by atoms with Crippen molar-refractivity contribution in [3.8, 4) is 5.75 Å². The zero-order valence-electron chi connectivity index (χ0n) is 10.8. The molecule has 2 aromatic rings. The van der Waals surface area contributed by atoms with Crippen LogP contribution in [-0.4, -0.2) is 10.1 Å². The maximum Gasteiger partial charge on any atom is 0.115 e. The van der Waals surface area contributed by atoms with Crippen molar-refractivity contribution < 1.29 is 5.11 Å². The number of phenols is 1. The van der Waals surface area contributed by atoms with Gasteiger partial charge in [0.05, 0.1) is 0 Å². The van der Waals surface area contributed by atoms with Crippen LogP contribution in [0.5, 0.6) is 5.75 Å². The highest BCUT2D eigenvalue weighted by molar-refractivity contribution is 5.38. The standard InChI is InChI=1S/C16H18N2O/c19-14-5-4-13-2-1-3-16(15(13)10-14)18-11-12-6-8-17-9-7-12/h4-10,16,18-19H,1-3,11H2. The van der Waals surface area contributed by atoms with Crippen LogP contribution in [0.3, 0.4) is 0 Å². The van der Waals surface area contributed by atoms with Gasteiger partial charge >= 0.3 is 0 Å². The van der Waals surface area contributed by atoms with Gasteiger partial charge in [0, 0.05) is 25.0 Å². The highest BCUT2D eigenvalue weighted by Crippen LogP contribution is 2.32. The van der Waals surface area contributed by atoms with E-state index in [9.17, 15) is 5.11 Å². The Bertz CT molecular complexity index is 554. The van der Waals surface area contributed by atoms with E-state index < -0.39 is 0 Å². The second-order valence-electron chi connectivity index (χ2n) is 5.06. The first-order valence-corrected chi connectivity index (χ1v) is 6.77. The summed E-state index contributed by atoms with van der Waals surface area (Å²) in [6, 6.07) is 10.1. The third-order valence-electron chi connectivity index (χ3n) is 3.75. The number of pyridine rings is 1. The number of nitrogens with one attached hydrogen (secondary N) is 1. The molecule has 1 aromatic heterocycles. The lowest BCUT2D eigenvalue weighted by molar-refractivity contribution is 0.445. The quantitative estimate of drug-likeness (QED) is 0.885. The normalized spacial score (nSPS) is 18.0. The molecule has 1 aliphatic rings. The van der Waals surface area contributed by atoms with Gasteiger partial charge in [-0.3, -0.25) is 4.98 Å². The largest absolute Gasteiger partial charge is 0.508 e. The summed E-state index contributed by atoms with van der Waals surface area (Å²) in [4.78, 5) is 4.03. The monoisotopic (exact) mass is 254 g/mol. The van der Waals surface area contributed by atoms with Gasteiger partial charge in [0.1, 0.15) is 5.75 Å². The van der Waals surface area contributed by atoms with Crippen LogP contribution in [-0.2, 0) is 13.0 Å². The zero-order chi connectivity index (χ0) is 13.1. The maximum atomic E-state index is 9.66. The minimum Gasteiger partial charge on any atom is -0.508 e. The number of rotatable bonds is 3. The fraction of sp³-hybridized carbons (Fsp3) is 0.312. The van der Waals surface area contributed by atoms with Crippen molar-refractivity contribution in [1.82, 2.24) is 10.3 Å². The number of phenolic OH excluding ortho intramolecular Hbond substituents is 1. The molecule has 3 heteroatoms. The summed E-state index contributed by atoms with van der Waals surface area (Å²) < 4.78 is 0. The molecule has 1 aromatic carbocycles. The summed E-state index contributed by atoms with van der Waals surface area (Å²) in [7, 11) is 0. The average molecular weight is 254 g/mol. The third kappa shape index (κ3) is 2.76. The number of fused-ring (bicyclic) bond motifs is 1. The van der Waals surface area contributed by atoms with Gasteiger partial charge in [-0.05, 0) is 60.2 Å². The maximum absolute atomic E-state index is 9.66. The lowest BCUT2D eigenvalue weighted by Gasteiger charge is -2.26. The number of hydrogen-bond acceptors (Lipinski definition) is 3. The summed E-state index contributed by atoms with van der Waals surface area (Å²) in [6.07, 6.45) is 7.08. The van der Waals surface area contributed by atoms with Crippen molar-refractivity contribution in [2.24, 2.45) is 0 Å². The molecule has 1 aliphatic carbocycles. The van der Waals surface area contributed by atoms with E-state index in [2.05, 4.69) is 10.3 Å². The SMILES string of the molecule is Oc1ccc2c(c1)C(NCc1ccncc1)CCC2. The molecule has 0 fully saturated rings. The predicted octanol–water partition coefficient (Wildman–Crippen LogP) is 2.95. The summed E-state index contributed by atoms with van der Waals surface area (Å²) in [6.45, 7) is 0.836. The van der Waals surface area contributed by atoms with Crippen LogP contribution < -0.4 is 5.32 Å². The van der Waals surface area contributed by atoms with Crippen LogP contribution in [0.2, 0.25) is 0 Å². The Morgan fingerprint density at radius 2 is 2.05 bits per heavy atom. The Balaban J connectivity index is 1.75. The predicted molar refractivity (Wildman–Crippen MR) is 74.9 cm³/mol. The average Bonchev–Trinajstić information content (AvgIpc) is 2.46. The molecule has 3 rings (SSSR count). The molecule has 0 spiro atoms. The topological polar surface area (TPSA) is 45.1 Å². The minimum absolute atomic E-state index is 0.337. The molecule has 98 valence electrons. The lowest BCUT2D eigenvalue weighted by atomic mass is 9.87. The summed E-state index contributed by atoms with van der Waals surface area (Å²) in [5.74, 6) is 0.358. The Morgan fingerprint density at radius 1 is 1.21 bits per heavy atom. The molecule has 1 atom stereocenters. The van der Waals surface area contributed by atoms with Crippen LogP contribution in [0.15, 0.2) is 42.7 Å². The van der Waals surface area contributed by atoms with Crippen LogP contribution in [0.25, 0.3) is 0 Å². The molecule has 0 saturated carbocycles. The number of hydrogen-bond donors (Lipinski definition) is 2. The van der Waals surface area contributed by atoms with E-state index in [0.717, 1.165) is 19.4 Å². The Kier molecular flexibility index (Phi) is 3.47. The summed E-state index contributed by atoms with van der Waals surface area (Å²) in [5, 5.41) is 13.2. The fourth-order valence-electron chi connectivity index (χ4n) is 2.74. The van der Waals surface area contributed by atoms with Gasteiger partial charge in [-0.25, -0.2) is 0 Å². The van der Waals surface area contributed by atoms with E-state index >= 15 is 0 Å². The molecule has 1 heterocycles. The molecule has 0 saturated heterocycles. The van der Waals surface area contributed by atoms with Gasteiger partial charge in [-0.1, -0.05) is 6.07 Å². The van der Waals surface area contributed by atoms with Crippen LogP contribution in [0, 0.1) is 0 Å². The first-order chi connectivity index (χ1) is 9.33. The van der Waals surface area contributed by atoms with Gasteiger partial charge in [-0.2, -0.15) is 0 Å². The second kappa shape index (κ2) is 5.41. The van der Waals surface area contributed by atoms with Crippen molar-refractivity contribution in [3.63, 3.8) is 0 Å². The second-order valence-corrected chi connectivity index (χ2v) is 5.06. The third-order valence-corrected chi connectivity index (χ3v) is 3.75. The van der Waals surface area contributed by atoms with Crippen molar-refractivity contribution >= 4 is 0 Å². The number of aromatic hydroxyl groups is 1. The Hall–Kier alpha value is -1.87. The van der Waals surface area contributed by atoms with E-state index in [0.29, 0.717) is 11.8 Å². The Labute approximate surface area is 113 Å². The van der Waals surface area contributed by atoms with E-state index in [1.807, 2.05) is 36.7 Å². The van der Waals surface area contributed by atoms with Crippen molar-refractivity contribution in [2.45, 2.75) is 31.8 Å². The van der Waals surface area contributed by atoms with E-state index in [-0.39, 0.29) is 0 Å². The summed E-state index contributed by atoms with van der Waals surface area (Å²) >= 11 is 0. The van der Waals surface area contributed by atoms with Crippen LogP contribution in [0.1, 0.15) is 35.6 Å². The molecular weight excluding hydrogens is 236 g/mol. The van der Waals surface area contributed by atoms with Crippen molar-refractivity contribution in [3.05, 3.63) is 59.4 Å². The molecule has 19 heavy (non-hydrogen) atoms. The highest BCUT2D eigenvalue weighted by atomic mass is 16.3. The van der Waals surface area contributed by atoms with Gasteiger partial charge in [0.25, 0.3) is 0 Å². The molecule has 0 radical (unpaired) electrons. The molecule has 1 unspecified atom stereocenters. The minimum atomic E-state index is 0.337. The van der Waals surface area contributed by atoms with Crippen molar-refractivity contribution in [1.29, 1.82) is 0 Å². The van der Waals surface area contributed by atoms with Gasteiger partial charge in [0.2, 0.25) is 0 Å². The molecule has 0 aliphatic heterocycles. The van der Waals surface area contributed by atoms with Crippen LogP contribution >= 0.6 is 0 Å². The van der Waals surface area contributed by atoms with Gasteiger partial charge < -0.3 is 10.4 Å². The number of benzene rings is 1. The lowest BCUT2D eigenvalue weighted by Crippen LogP contribution is -2.24. The van der Waals surface area contributed by atoms with E-state index in [1.165, 1.54) is 23.1 Å². The van der Waals surface area contributed by atoms with E-state index in [1.54, 1.807) is 6.07 Å². The molecule has 0 bridgehead atoms. The number of aromatic nitrogens is 1. The van der Waals surface area contributed by atoms with Crippen molar-refractivity contribution in [2.75, 3.05) is 0 Å². The van der Waals surface area contributed by atoms with E-state index in [4.69, 9.17) is 0 Å². The van der Waals surface area contributed by atoms with Crippen LogP contribution in [0.4, 0.5) is 0 Å². The highest BCUT2D eigenvalue weighted by Gasteiger charge is 2.19. The van der Waals surface area contributed by atoms with Gasteiger partial charge in [-0.15, -0.1) is 0 Å². The molecular formula is C16H18N2O. The molecule has 2 N–H and O–H groups in total. The number of aryl methyl sites for hydroxylation is 1. The molecule has 0 amide bonds.